The molecule has 1 atom stereocenters. The molecule has 0 saturated carbocycles. The summed E-state index contributed by atoms with van der Waals surface area (Å²) in [6.07, 6.45) is 3.41. The van der Waals surface area contributed by atoms with Crippen molar-refractivity contribution in [2.24, 2.45) is 5.73 Å². The molecule has 0 spiro atoms. The van der Waals surface area contributed by atoms with E-state index in [9.17, 15) is 0 Å². The van der Waals surface area contributed by atoms with Gasteiger partial charge in [0.2, 0.25) is 6.79 Å². The highest BCUT2D eigenvalue weighted by Gasteiger charge is 2.18. The molecule has 1 aromatic carbocycles. The highest BCUT2D eigenvalue weighted by molar-refractivity contribution is 5.52. The Morgan fingerprint density at radius 2 is 2.17 bits per heavy atom. The van der Waals surface area contributed by atoms with Crippen molar-refractivity contribution in [3.05, 3.63) is 30.4 Å². The molecule has 2 N–H and O–H groups in total. The lowest BCUT2D eigenvalue weighted by atomic mass is 10.0. The highest BCUT2D eigenvalue weighted by Crippen LogP contribution is 2.38. The van der Waals surface area contributed by atoms with Gasteiger partial charge in [-0.1, -0.05) is 19.6 Å². The van der Waals surface area contributed by atoms with Crippen LogP contribution in [0.2, 0.25) is 0 Å². The van der Waals surface area contributed by atoms with Crippen LogP contribution in [0.25, 0.3) is 0 Å². The lowest BCUT2D eigenvalue weighted by Crippen LogP contribution is -2.21. The first kappa shape index (κ1) is 12.8. The number of fused-ring (bicyclic) bond motifs is 1. The molecule has 1 aromatic rings. The van der Waals surface area contributed by atoms with Crippen LogP contribution >= 0.6 is 0 Å². The number of hydrogen-bond acceptors (Lipinski definition) is 4. The second-order valence-corrected chi connectivity index (χ2v) is 4.29. The van der Waals surface area contributed by atoms with Crippen LogP contribution in [0, 0.1) is 0 Å². The normalized spacial score (nSPS) is 14.3. The molecular formula is C14H19NO3. The average molecular weight is 249 g/mol. The molecule has 18 heavy (non-hydrogen) atoms. The molecule has 4 nitrogen and oxygen atoms in total. The third kappa shape index (κ3) is 2.76. The maximum atomic E-state index is 6.00. The van der Waals surface area contributed by atoms with E-state index in [4.69, 9.17) is 19.9 Å². The number of ether oxygens (including phenoxy) is 3. The molecule has 2 rings (SSSR count). The van der Waals surface area contributed by atoms with Gasteiger partial charge in [-0.15, -0.1) is 0 Å². The van der Waals surface area contributed by atoms with E-state index >= 15 is 0 Å². The van der Waals surface area contributed by atoms with Crippen LogP contribution in [0.1, 0.15) is 18.9 Å². The van der Waals surface area contributed by atoms with Crippen LogP contribution in [0.3, 0.4) is 0 Å². The summed E-state index contributed by atoms with van der Waals surface area (Å²) in [5, 5.41) is 0. The molecular weight excluding hydrogens is 230 g/mol. The summed E-state index contributed by atoms with van der Waals surface area (Å²) in [6, 6.07) is 3.94. The first-order valence-electron chi connectivity index (χ1n) is 6.16. The molecule has 0 amide bonds. The van der Waals surface area contributed by atoms with E-state index in [-0.39, 0.29) is 12.8 Å². The van der Waals surface area contributed by atoms with Gasteiger partial charge in [0.25, 0.3) is 0 Å². The fourth-order valence-corrected chi connectivity index (χ4v) is 1.83. The number of benzene rings is 1. The van der Waals surface area contributed by atoms with Gasteiger partial charge in [-0.25, -0.2) is 0 Å². The highest BCUT2D eigenvalue weighted by atomic mass is 16.7. The Bertz CT molecular complexity index is 431. The Hall–Kier alpha value is -1.68. The van der Waals surface area contributed by atoms with E-state index < -0.39 is 0 Å². The first-order chi connectivity index (χ1) is 8.74. The summed E-state index contributed by atoms with van der Waals surface area (Å²) in [4.78, 5) is 0. The van der Waals surface area contributed by atoms with Crippen LogP contribution in [0.5, 0.6) is 17.2 Å². The maximum Gasteiger partial charge on any atom is 0.231 e. The summed E-state index contributed by atoms with van der Waals surface area (Å²) in [5.41, 5.74) is 7.05. The van der Waals surface area contributed by atoms with Crippen LogP contribution in [-0.4, -0.2) is 19.4 Å². The molecule has 0 saturated heterocycles. The van der Waals surface area contributed by atoms with Gasteiger partial charge in [-0.05, 0) is 24.5 Å². The quantitative estimate of drug-likeness (QED) is 0.786. The standard InChI is InChI=1S/C14H19NO3/c1-3-5-16-12-8-14-13(17-9-18-14)7-10(12)6-11(15)4-2/h3,7-8,11H,1,4-6,9,15H2,2H3. The van der Waals surface area contributed by atoms with Gasteiger partial charge < -0.3 is 19.9 Å². The molecule has 0 fully saturated rings. The number of hydrogen-bond donors (Lipinski definition) is 1. The van der Waals surface area contributed by atoms with Crippen molar-refractivity contribution in [2.45, 2.75) is 25.8 Å². The Balaban J connectivity index is 2.25. The molecule has 0 radical (unpaired) electrons. The smallest absolute Gasteiger partial charge is 0.231 e. The van der Waals surface area contributed by atoms with Crippen molar-refractivity contribution in [1.29, 1.82) is 0 Å². The summed E-state index contributed by atoms with van der Waals surface area (Å²) >= 11 is 0. The van der Waals surface area contributed by atoms with Gasteiger partial charge in [0.15, 0.2) is 11.5 Å². The van der Waals surface area contributed by atoms with E-state index in [1.807, 2.05) is 12.1 Å². The molecule has 1 aliphatic rings. The second kappa shape index (κ2) is 5.78. The van der Waals surface area contributed by atoms with Crippen molar-refractivity contribution < 1.29 is 14.2 Å². The van der Waals surface area contributed by atoms with E-state index in [1.54, 1.807) is 6.08 Å². The van der Waals surface area contributed by atoms with Crippen molar-refractivity contribution in [3.8, 4) is 17.2 Å². The minimum Gasteiger partial charge on any atom is -0.489 e. The molecule has 4 heteroatoms. The second-order valence-electron chi connectivity index (χ2n) is 4.29. The van der Waals surface area contributed by atoms with Gasteiger partial charge in [0.05, 0.1) is 0 Å². The minimum absolute atomic E-state index is 0.122. The Kier molecular flexibility index (Phi) is 4.10. The van der Waals surface area contributed by atoms with Crippen LogP contribution in [-0.2, 0) is 6.42 Å². The Labute approximate surface area is 107 Å². The zero-order chi connectivity index (χ0) is 13.0. The van der Waals surface area contributed by atoms with Crippen molar-refractivity contribution in [2.75, 3.05) is 13.4 Å². The molecule has 0 bridgehead atoms. The predicted octanol–water partition coefficient (Wildman–Crippen LogP) is 2.26. The molecule has 1 unspecified atom stereocenters. The minimum atomic E-state index is 0.122. The predicted molar refractivity (Wildman–Crippen MR) is 70.2 cm³/mol. The molecule has 98 valence electrons. The summed E-state index contributed by atoms with van der Waals surface area (Å²) < 4.78 is 16.4. The largest absolute Gasteiger partial charge is 0.489 e. The van der Waals surface area contributed by atoms with Gasteiger partial charge in [-0.2, -0.15) is 0 Å². The molecule has 0 aromatic heterocycles. The molecule has 0 aliphatic carbocycles. The zero-order valence-electron chi connectivity index (χ0n) is 10.6. The third-order valence-electron chi connectivity index (χ3n) is 2.92. The first-order valence-corrected chi connectivity index (χ1v) is 6.16. The number of rotatable bonds is 6. The number of nitrogens with two attached hydrogens (primary N) is 1. The van der Waals surface area contributed by atoms with Gasteiger partial charge in [0, 0.05) is 12.1 Å². The van der Waals surface area contributed by atoms with Gasteiger partial charge >= 0.3 is 0 Å². The van der Waals surface area contributed by atoms with Crippen molar-refractivity contribution in [3.63, 3.8) is 0 Å². The van der Waals surface area contributed by atoms with E-state index in [0.29, 0.717) is 6.61 Å². The van der Waals surface area contributed by atoms with Crippen LogP contribution < -0.4 is 19.9 Å². The van der Waals surface area contributed by atoms with Crippen molar-refractivity contribution >= 4 is 0 Å². The lowest BCUT2D eigenvalue weighted by molar-refractivity contribution is 0.174. The summed E-state index contributed by atoms with van der Waals surface area (Å²) in [6.45, 7) is 6.45. The third-order valence-corrected chi connectivity index (χ3v) is 2.92. The monoisotopic (exact) mass is 249 g/mol. The van der Waals surface area contributed by atoms with E-state index in [0.717, 1.165) is 35.7 Å². The topological polar surface area (TPSA) is 53.7 Å². The molecule has 1 heterocycles. The summed E-state index contributed by atoms with van der Waals surface area (Å²) in [7, 11) is 0. The Morgan fingerprint density at radius 3 is 2.83 bits per heavy atom. The fraction of sp³-hybridized carbons (Fsp3) is 0.429. The van der Waals surface area contributed by atoms with E-state index in [2.05, 4.69) is 13.5 Å². The van der Waals surface area contributed by atoms with Gasteiger partial charge in [0.1, 0.15) is 12.4 Å². The summed E-state index contributed by atoms with van der Waals surface area (Å²) in [5.74, 6) is 2.28. The van der Waals surface area contributed by atoms with Crippen LogP contribution in [0.4, 0.5) is 0 Å². The molecule has 1 aliphatic heterocycles. The zero-order valence-corrected chi connectivity index (χ0v) is 10.6. The Morgan fingerprint density at radius 1 is 1.44 bits per heavy atom. The van der Waals surface area contributed by atoms with Gasteiger partial charge in [-0.3, -0.25) is 0 Å². The maximum absolute atomic E-state index is 6.00. The van der Waals surface area contributed by atoms with Crippen LogP contribution in [0.15, 0.2) is 24.8 Å². The fourth-order valence-electron chi connectivity index (χ4n) is 1.83. The van der Waals surface area contributed by atoms with E-state index in [1.165, 1.54) is 0 Å². The SMILES string of the molecule is C=CCOc1cc2c(cc1CC(N)CC)OCO2. The van der Waals surface area contributed by atoms with Crippen molar-refractivity contribution in [1.82, 2.24) is 0 Å². The lowest BCUT2D eigenvalue weighted by Gasteiger charge is -2.14. The average Bonchev–Trinajstić information content (AvgIpc) is 2.82.